The number of piperazine rings is 1. The van der Waals surface area contributed by atoms with Crippen molar-refractivity contribution >= 4 is 22.2 Å². The Kier molecular flexibility index (Phi) is 4.39. The fraction of sp³-hybridized carbons (Fsp3) is 0.312. The van der Waals surface area contributed by atoms with Gasteiger partial charge < -0.3 is 10.6 Å². The van der Waals surface area contributed by atoms with Crippen LogP contribution in [0.25, 0.3) is 0 Å². The van der Waals surface area contributed by atoms with Crippen molar-refractivity contribution in [2.75, 3.05) is 43.4 Å². The lowest BCUT2D eigenvalue weighted by Crippen LogP contribution is -2.46. The first-order valence-corrected chi connectivity index (χ1v) is 7.90. The first kappa shape index (κ1) is 13.9. The molecule has 0 unspecified atom stereocenters. The molecule has 0 spiro atoms. The van der Waals surface area contributed by atoms with E-state index in [4.69, 9.17) is 5.73 Å². The second-order valence-corrected chi connectivity index (χ2v) is 5.87. The molecule has 2 aromatic rings. The summed E-state index contributed by atoms with van der Waals surface area (Å²) in [5, 5.41) is 3.15. The smallest absolute Gasteiger partial charge is 0.185 e. The second-order valence-electron chi connectivity index (χ2n) is 5.00. The number of nitrogens with two attached hydrogens (primary N) is 1. The first-order valence-electron chi connectivity index (χ1n) is 7.02. The standard InChI is InChI=1S/C16H18N4S/c17-15-5-3-14(4-6-15)2-1-8-19-9-11-20(12-10-19)16-18-7-13-21-16/h3-7,13H,8-12,17H2. The van der Waals surface area contributed by atoms with E-state index in [-0.39, 0.29) is 0 Å². The predicted octanol–water partition coefficient (Wildman–Crippen LogP) is 1.90. The van der Waals surface area contributed by atoms with E-state index in [9.17, 15) is 0 Å². The zero-order chi connectivity index (χ0) is 14.5. The fourth-order valence-corrected chi connectivity index (χ4v) is 2.99. The molecule has 1 aliphatic heterocycles. The van der Waals surface area contributed by atoms with Gasteiger partial charge in [-0.1, -0.05) is 11.8 Å². The minimum Gasteiger partial charge on any atom is -0.399 e. The third kappa shape index (κ3) is 3.75. The Morgan fingerprint density at radius 3 is 2.57 bits per heavy atom. The summed E-state index contributed by atoms with van der Waals surface area (Å²) < 4.78 is 0. The summed E-state index contributed by atoms with van der Waals surface area (Å²) in [6.45, 7) is 4.94. The number of nitrogens with zero attached hydrogens (tertiary/aromatic N) is 3. The molecular weight excluding hydrogens is 280 g/mol. The SMILES string of the molecule is Nc1ccc(C#CCN2CCN(c3nccs3)CC2)cc1. The third-order valence-electron chi connectivity index (χ3n) is 3.51. The molecule has 0 bridgehead atoms. The zero-order valence-electron chi connectivity index (χ0n) is 11.8. The number of hydrogen-bond acceptors (Lipinski definition) is 5. The molecule has 4 nitrogen and oxygen atoms in total. The number of nitrogen functional groups attached to an aromatic ring is 1. The topological polar surface area (TPSA) is 45.4 Å². The number of anilines is 2. The average molecular weight is 298 g/mol. The summed E-state index contributed by atoms with van der Waals surface area (Å²) in [5.74, 6) is 6.43. The van der Waals surface area contributed by atoms with E-state index in [1.54, 1.807) is 11.3 Å². The molecule has 1 aromatic carbocycles. The van der Waals surface area contributed by atoms with Gasteiger partial charge in [-0.2, -0.15) is 0 Å². The van der Waals surface area contributed by atoms with Crippen molar-refractivity contribution < 1.29 is 0 Å². The largest absolute Gasteiger partial charge is 0.399 e. The average Bonchev–Trinajstić information content (AvgIpc) is 3.04. The monoisotopic (exact) mass is 298 g/mol. The van der Waals surface area contributed by atoms with Gasteiger partial charge in [-0.05, 0) is 24.3 Å². The van der Waals surface area contributed by atoms with Crippen molar-refractivity contribution in [1.29, 1.82) is 0 Å². The Morgan fingerprint density at radius 1 is 1.14 bits per heavy atom. The minimum absolute atomic E-state index is 0.777. The summed E-state index contributed by atoms with van der Waals surface area (Å²) in [5.41, 5.74) is 7.46. The highest BCUT2D eigenvalue weighted by molar-refractivity contribution is 7.13. The Balaban J connectivity index is 1.49. The molecule has 1 saturated heterocycles. The lowest BCUT2D eigenvalue weighted by Gasteiger charge is -2.33. The van der Waals surface area contributed by atoms with Gasteiger partial charge in [0.2, 0.25) is 0 Å². The summed E-state index contributed by atoms with van der Waals surface area (Å²) in [6.07, 6.45) is 1.87. The van der Waals surface area contributed by atoms with Crippen LogP contribution in [0.15, 0.2) is 35.8 Å². The Morgan fingerprint density at radius 2 is 1.90 bits per heavy atom. The van der Waals surface area contributed by atoms with E-state index >= 15 is 0 Å². The molecule has 5 heteroatoms. The molecular formula is C16H18N4S. The molecule has 0 atom stereocenters. The molecule has 21 heavy (non-hydrogen) atoms. The van der Waals surface area contributed by atoms with Crippen LogP contribution in [0.2, 0.25) is 0 Å². The Bertz CT molecular complexity index is 617. The van der Waals surface area contributed by atoms with Crippen LogP contribution in [-0.2, 0) is 0 Å². The minimum atomic E-state index is 0.777. The van der Waals surface area contributed by atoms with Crippen LogP contribution < -0.4 is 10.6 Å². The highest BCUT2D eigenvalue weighted by Gasteiger charge is 2.17. The lowest BCUT2D eigenvalue weighted by atomic mass is 10.2. The van der Waals surface area contributed by atoms with Crippen LogP contribution in [0.4, 0.5) is 10.8 Å². The van der Waals surface area contributed by atoms with Gasteiger partial charge in [0.15, 0.2) is 5.13 Å². The maximum absolute atomic E-state index is 5.66. The summed E-state index contributed by atoms with van der Waals surface area (Å²) in [4.78, 5) is 9.09. The van der Waals surface area contributed by atoms with Crippen molar-refractivity contribution in [1.82, 2.24) is 9.88 Å². The van der Waals surface area contributed by atoms with E-state index in [0.29, 0.717) is 0 Å². The van der Waals surface area contributed by atoms with Gasteiger partial charge >= 0.3 is 0 Å². The molecule has 2 N–H and O–H groups in total. The summed E-state index contributed by atoms with van der Waals surface area (Å²) >= 11 is 1.71. The van der Waals surface area contributed by atoms with Gasteiger partial charge in [-0.3, -0.25) is 4.90 Å². The number of rotatable bonds is 2. The fourth-order valence-electron chi connectivity index (χ4n) is 2.29. The van der Waals surface area contributed by atoms with E-state index in [1.165, 1.54) is 0 Å². The molecule has 1 aliphatic rings. The normalized spacial score (nSPS) is 15.5. The molecule has 1 aromatic heterocycles. The maximum atomic E-state index is 5.66. The molecule has 0 saturated carbocycles. The quantitative estimate of drug-likeness (QED) is 0.679. The molecule has 2 heterocycles. The molecule has 0 amide bonds. The highest BCUT2D eigenvalue weighted by atomic mass is 32.1. The molecule has 0 radical (unpaired) electrons. The van der Waals surface area contributed by atoms with Gasteiger partial charge in [-0.15, -0.1) is 11.3 Å². The zero-order valence-corrected chi connectivity index (χ0v) is 12.6. The molecule has 3 rings (SSSR count). The first-order chi connectivity index (χ1) is 10.3. The number of benzene rings is 1. The molecule has 1 fully saturated rings. The van der Waals surface area contributed by atoms with Gasteiger partial charge in [0, 0.05) is 49.0 Å². The van der Waals surface area contributed by atoms with Crippen molar-refractivity contribution in [2.45, 2.75) is 0 Å². The predicted molar refractivity (Wildman–Crippen MR) is 88.5 cm³/mol. The third-order valence-corrected chi connectivity index (χ3v) is 4.34. The van der Waals surface area contributed by atoms with E-state index in [1.807, 2.05) is 35.8 Å². The van der Waals surface area contributed by atoms with Crippen molar-refractivity contribution in [2.24, 2.45) is 0 Å². The van der Waals surface area contributed by atoms with Crippen molar-refractivity contribution in [3.8, 4) is 11.8 Å². The van der Waals surface area contributed by atoms with Crippen LogP contribution in [0.3, 0.4) is 0 Å². The van der Waals surface area contributed by atoms with Crippen molar-refractivity contribution in [3.63, 3.8) is 0 Å². The van der Waals surface area contributed by atoms with Crippen molar-refractivity contribution in [3.05, 3.63) is 41.4 Å². The molecule has 0 aliphatic carbocycles. The van der Waals surface area contributed by atoms with Gasteiger partial charge in [-0.25, -0.2) is 4.98 Å². The number of thiazole rings is 1. The Hall–Kier alpha value is -2.03. The summed E-state index contributed by atoms with van der Waals surface area (Å²) in [6, 6.07) is 7.69. The van der Waals surface area contributed by atoms with Gasteiger partial charge in [0.25, 0.3) is 0 Å². The Labute approximate surface area is 129 Å². The number of hydrogen-bond donors (Lipinski definition) is 1. The highest BCUT2D eigenvalue weighted by Crippen LogP contribution is 2.18. The van der Waals surface area contributed by atoms with Crippen LogP contribution in [-0.4, -0.2) is 42.6 Å². The number of aromatic nitrogens is 1. The maximum Gasteiger partial charge on any atom is 0.185 e. The van der Waals surface area contributed by atoms with Crippen LogP contribution in [0, 0.1) is 11.8 Å². The second kappa shape index (κ2) is 6.61. The molecule has 108 valence electrons. The van der Waals surface area contributed by atoms with Crippen LogP contribution >= 0.6 is 11.3 Å². The van der Waals surface area contributed by atoms with Gasteiger partial charge in [0.1, 0.15) is 0 Å². The lowest BCUT2D eigenvalue weighted by molar-refractivity contribution is 0.288. The van der Waals surface area contributed by atoms with E-state index < -0.39 is 0 Å². The van der Waals surface area contributed by atoms with Gasteiger partial charge in [0.05, 0.1) is 6.54 Å². The van der Waals surface area contributed by atoms with Crippen LogP contribution in [0.1, 0.15) is 5.56 Å². The van der Waals surface area contributed by atoms with E-state index in [0.717, 1.165) is 49.1 Å². The summed E-state index contributed by atoms with van der Waals surface area (Å²) in [7, 11) is 0. The van der Waals surface area contributed by atoms with E-state index in [2.05, 4.69) is 26.6 Å². The van der Waals surface area contributed by atoms with Crippen LogP contribution in [0.5, 0.6) is 0 Å².